The lowest BCUT2D eigenvalue weighted by Crippen LogP contribution is -2.38. The SMILES string of the molecule is O=C([C@H]1N=COC1c1ccc2ccccc2n1)N1CCCC1. The molecule has 1 amide bonds. The molecule has 1 aromatic carbocycles. The van der Waals surface area contributed by atoms with Crippen molar-refractivity contribution in [2.75, 3.05) is 13.1 Å². The minimum atomic E-state index is -0.508. The molecule has 5 heteroatoms. The standard InChI is InChI=1S/C17H17N3O2/c21-17(20-9-3-4-10-20)15-16(22-11-18-15)14-8-7-12-5-1-2-6-13(12)19-14/h1-2,5-8,11,15-16H,3-4,9-10H2/t15-,16?/m0/s1. The molecule has 1 aromatic heterocycles. The summed E-state index contributed by atoms with van der Waals surface area (Å²) in [6, 6.07) is 11.3. The van der Waals surface area contributed by atoms with Gasteiger partial charge in [-0.25, -0.2) is 9.98 Å². The van der Waals surface area contributed by atoms with Gasteiger partial charge in [0, 0.05) is 18.5 Å². The van der Waals surface area contributed by atoms with E-state index in [0.29, 0.717) is 0 Å². The normalized spacial score (nSPS) is 23.9. The largest absolute Gasteiger partial charge is 0.471 e. The summed E-state index contributed by atoms with van der Waals surface area (Å²) in [5.41, 5.74) is 1.66. The molecule has 2 aliphatic rings. The molecule has 2 atom stereocenters. The van der Waals surface area contributed by atoms with Gasteiger partial charge in [-0.15, -0.1) is 0 Å². The van der Waals surface area contributed by atoms with Gasteiger partial charge in [-0.2, -0.15) is 0 Å². The summed E-state index contributed by atoms with van der Waals surface area (Å²) in [5.74, 6) is 0.0474. The minimum absolute atomic E-state index is 0.0474. The molecule has 2 aromatic rings. The fourth-order valence-corrected chi connectivity index (χ4v) is 3.11. The summed E-state index contributed by atoms with van der Waals surface area (Å²) in [6.07, 6.45) is 3.11. The highest BCUT2D eigenvalue weighted by molar-refractivity contribution is 5.86. The predicted octanol–water partition coefficient (Wildman–Crippen LogP) is 2.33. The van der Waals surface area contributed by atoms with Crippen LogP contribution in [0.4, 0.5) is 0 Å². The predicted molar refractivity (Wildman–Crippen MR) is 83.7 cm³/mol. The lowest BCUT2D eigenvalue weighted by Gasteiger charge is -2.22. The summed E-state index contributed by atoms with van der Waals surface area (Å²) >= 11 is 0. The van der Waals surface area contributed by atoms with Crippen LogP contribution in [0.3, 0.4) is 0 Å². The zero-order valence-electron chi connectivity index (χ0n) is 12.2. The Labute approximate surface area is 128 Å². The van der Waals surface area contributed by atoms with E-state index < -0.39 is 12.1 Å². The summed E-state index contributed by atoms with van der Waals surface area (Å²) in [6.45, 7) is 1.64. The van der Waals surface area contributed by atoms with Crippen molar-refractivity contribution in [1.29, 1.82) is 0 Å². The Morgan fingerprint density at radius 1 is 1.14 bits per heavy atom. The minimum Gasteiger partial charge on any atom is -0.471 e. The molecule has 3 heterocycles. The second-order valence-corrected chi connectivity index (χ2v) is 5.72. The molecule has 22 heavy (non-hydrogen) atoms. The monoisotopic (exact) mass is 295 g/mol. The number of fused-ring (bicyclic) bond motifs is 1. The van der Waals surface area contributed by atoms with E-state index in [1.165, 1.54) is 6.40 Å². The van der Waals surface area contributed by atoms with Crippen LogP contribution < -0.4 is 0 Å². The molecule has 5 nitrogen and oxygen atoms in total. The molecule has 0 radical (unpaired) electrons. The van der Waals surface area contributed by atoms with E-state index in [2.05, 4.69) is 9.98 Å². The van der Waals surface area contributed by atoms with Crippen LogP contribution in [-0.4, -0.2) is 41.3 Å². The second-order valence-electron chi connectivity index (χ2n) is 5.72. The fraction of sp³-hybridized carbons (Fsp3) is 0.353. The first-order valence-corrected chi connectivity index (χ1v) is 7.64. The molecular formula is C17H17N3O2. The number of carbonyl (C=O) groups excluding carboxylic acids is 1. The molecule has 2 aliphatic heterocycles. The number of aromatic nitrogens is 1. The van der Waals surface area contributed by atoms with Gasteiger partial charge in [-0.1, -0.05) is 24.3 Å². The lowest BCUT2D eigenvalue weighted by atomic mass is 10.1. The zero-order chi connectivity index (χ0) is 14.9. The van der Waals surface area contributed by atoms with Gasteiger partial charge in [-0.05, 0) is 25.0 Å². The second kappa shape index (κ2) is 5.40. The number of aliphatic imine (C=N–C) groups is 1. The van der Waals surface area contributed by atoms with Crippen molar-refractivity contribution in [3.05, 3.63) is 42.1 Å². The van der Waals surface area contributed by atoms with Crippen LogP contribution in [0.5, 0.6) is 0 Å². The Morgan fingerprint density at radius 2 is 1.95 bits per heavy atom. The number of hydrogen-bond acceptors (Lipinski definition) is 4. The van der Waals surface area contributed by atoms with E-state index in [9.17, 15) is 4.79 Å². The fourth-order valence-electron chi connectivity index (χ4n) is 3.11. The molecule has 0 aliphatic carbocycles. The molecule has 4 rings (SSSR count). The molecule has 1 saturated heterocycles. The first kappa shape index (κ1) is 13.2. The van der Waals surface area contributed by atoms with Crippen LogP contribution >= 0.6 is 0 Å². The third-order valence-electron chi connectivity index (χ3n) is 4.30. The van der Waals surface area contributed by atoms with Crippen molar-refractivity contribution >= 4 is 23.2 Å². The molecule has 0 saturated carbocycles. The van der Waals surface area contributed by atoms with Crippen LogP contribution in [0.15, 0.2) is 41.4 Å². The third-order valence-corrected chi connectivity index (χ3v) is 4.30. The Kier molecular flexibility index (Phi) is 3.25. The maximum absolute atomic E-state index is 12.6. The topological polar surface area (TPSA) is 54.8 Å². The van der Waals surface area contributed by atoms with E-state index in [-0.39, 0.29) is 5.91 Å². The van der Waals surface area contributed by atoms with Gasteiger partial charge in [0.05, 0.1) is 11.2 Å². The van der Waals surface area contributed by atoms with Crippen molar-refractivity contribution < 1.29 is 9.53 Å². The Balaban J connectivity index is 1.63. The lowest BCUT2D eigenvalue weighted by molar-refractivity contribution is -0.133. The molecule has 0 bridgehead atoms. The number of amides is 1. The van der Waals surface area contributed by atoms with E-state index in [0.717, 1.165) is 42.5 Å². The quantitative estimate of drug-likeness (QED) is 0.854. The highest BCUT2D eigenvalue weighted by Gasteiger charge is 2.38. The van der Waals surface area contributed by atoms with Gasteiger partial charge < -0.3 is 9.64 Å². The first-order chi connectivity index (χ1) is 10.8. The van der Waals surface area contributed by atoms with Crippen molar-refractivity contribution in [1.82, 2.24) is 9.88 Å². The number of ether oxygens (including phenoxy) is 1. The number of nitrogens with zero attached hydrogens (tertiary/aromatic N) is 3. The number of para-hydroxylation sites is 1. The van der Waals surface area contributed by atoms with Crippen molar-refractivity contribution in [3.8, 4) is 0 Å². The van der Waals surface area contributed by atoms with E-state index in [4.69, 9.17) is 4.74 Å². The molecule has 1 fully saturated rings. The summed E-state index contributed by atoms with van der Waals surface area (Å²) < 4.78 is 5.58. The number of benzene rings is 1. The molecule has 0 spiro atoms. The van der Waals surface area contributed by atoms with Crippen LogP contribution in [-0.2, 0) is 9.53 Å². The van der Waals surface area contributed by atoms with Gasteiger partial charge >= 0.3 is 0 Å². The zero-order valence-corrected chi connectivity index (χ0v) is 12.2. The number of pyridine rings is 1. The highest BCUT2D eigenvalue weighted by Crippen LogP contribution is 2.29. The van der Waals surface area contributed by atoms with E-state index in [1.807, 2.05) is 41.3 Å². The summed E-state index contributed by atoms with van der Waals surface area (Å²) in [4.78, 5) is 23.4. The van der Waals surface area contributed by atoms with Crippen LogP contribution in [0, 0.1) is 0 Å². The molecule has 1 unspecified atom stereocenters. The van der Waals surface area contributed by atoms with Crippen LogP contribution in [0.2, 0.25) is 0 Å². The van der Waals surface area contributed by atoms with Crippen LogP contribution in [0.25, 0.3) is 10.9 Å². The first-order valence-electron chi connectivity index (χ1n) is 7.64. The number of likely N-dealkylation sites (tertiary alicyclic amines) is 1. The Morgan fingerprint density at radius 3 is 2.82 bits per heavy atom. The van der Waals surface area contributed by atoms with Gasteiger partial charge in [0.1, 0.15) is 0 Å². The maximum Gasteiger partial charge on any atom is 0.251 e. The average molecular weight is 295 g/mol. The van der Waals surface area contributed by atoms with Gasteiger partial charge in [0.25, 0.3) is 5.91 Å². The van der Waals surface area contributed by atoms with Gasteiger partial charge in [0.2, 0.25) is 0 Å². The van der Waals surface area contributed by atoms with Gasteiger partial charge in [-0.3, -0.25) is 4.79 Å². The summed E-state index contributed by atoms with van der Waals surface area (Å²) in [7, 11) is 0. The number of rotatable bonds is 2. The maximum atomic E-state index is 12.6. The smallest absolute Gasteiger partial charge is 0.251 e. The molecule has 112 valence electrons. The highest BCUT2D eigenvalue weighted by atomic mass is 16.5. The molecule has 0 N–H and O–H groups in total. The summed E-state index contributed by atoms with van der Waals surface area (Å²) in [5, 5.41) is 1.08. The molecular weight excluding hydrogens is 278 g/mol. The third kappa shape index (κ3) is 2.22. The van der Waals surface area contributed by atoms with Crippen molar-refractivity contribution in [3.63, 3.8) is 0 Å². The number of carbonyl (C=O) groups is 1. The Hall–Kier alpha value is -2.43. The van der Waals surface area contributed by atoms with Crippen LogP contribution in [0.1, 0.15) is 24.6 Å². The van der Waals surface area contributed by atoms with Crippen molar-refractivity contribution in [2.45, 2.75) is 25.0 Å². The average Bonchev–Trinajstić information content (AvgIpc) is 3.25. The Bertz CT molecular complexity index is 738. The van der Waals surface area contributed by atoms with E-state index >= 15 is 0 Å². The van der Waals surface area contributed by atoms with E-state index in [1.54, 1.807) is 0 Å². The van der Waals surface area contributed by atoms with Crippen molar-refractivity contribution in [2.24, 2.45) is 4.99 Å². The van der Waals surface area contributed by atoms with Gasteiger partial charge in [0.15, 0.2) is 18.5 Å². The number of hydrogen-bond donors (Lipinski definition) is 0.